The van der Waals surface area contributed by atoms with Gasteiger partial charge >= 0.3 is 0 Å². The summed E-state index contributed by atoms with van der Waals surface area (Å²) in [5, 5.41) is 0.223. The average Bonchev–Trinajstić information content (AvgIpc) is 3.02. The third-order valence-corrected chi connectivity index (χ3v) is 3.59. The number of carbonyl (C=O) groups is 1. The molecule has 1 fully saturated rings. The van der Waals surface area contributed by atoms with Crippen LogP contribution in [0, 0.1) is 0 Å². The number of imidazole rings is 1. The van der Waals surface area contributed by atoms with E-state index in [1.807, 2.05) is 0 Å². The quantitative estimate of drug-likeness (QED) is 0.764. The summed E-state index contributed by atoms with van der Waals surface area (Å²) < 4.78 is 17.5. The van der Waals surface area contributed by atoms with E-state index < -0.39 is 18.4 Å². The molecule has 3 heterocycles. The van der Waals surface area contributed by atoms with Crippen LogP contribution in [-0.2, 0) is 19.0 Å². The molecule has 1 aliphatic heterocycles. The van der Waals surface area contributed by atoms with E-state index in [1.165, 1.54) is 31.4 Å². The first kappa shape index (κ1) is 14.3. The topological polar surface area (TPSA) is 88.4 Å². The van der Waals surface area contributed by atoms with Crippen molar-refractivity contribution in [3.05, 3.63) is 17.8 Å². The Morgan fingerprint density at radius 3 is 2.90 bits per heavy atom. The van der Waals surface area contributed by atoms with Crippen LogP contribution in [0.5, 0.6) is 0 Å². The van der Waals surface area contributed by atoms with Gasteiger partial charge in [0.05, 0.1) is 12.9 Å². The number of carbonyl (C=O) groups excluding carboxylic acids is 1. The molecule has 3 rings (SSSR count). The lowest BCUT2D eigenvalue weighted by Crippen LogP contribution is -2.32. The first-order chi connectivity index (χ1) is 10.2. The molecule has 0 aromatic carbocycles. The molecule has 0 bridgehead atoms. The van der Waals surface area contributed by atoms with Crippen LogP contribution in [0.4, 0.5) is 0 Å². The second-order valence-electron chi connectivity index (χ2n) is 4.53. The van der Waals surface area contributed by atoms with Crippen molar-refractivity contribution in [1.82, 2.24) is 19.5 Å². The highest BCUT2D eigenvalue weighted by Crippen LogP contribution is 2.30. The molecule has 112 valence electrons. The fraction of sp³-hybridized carbons (Fsp3) is 0.500. The lowest BCUT2D eigenvalue weighted by molar-refractivity contribution is -0.131. The average molecular weight is 313 g/mol. The summed E-state index contributed by atoms with van der Waals surface area (Å²) in [6, 6.07) is 0. The van der Waals surface area contributed by atoms with E-state index in [1.54, 1.807) is 0 Å². The van der Waals surface area contributed by atoms with Gasteiger partial charge in [-0.05, 0) is 0 Å². The fourth-order valence-corrected chi connectivity index (χ4v) is 2.56. The molecule has 0 N–H and O–H groups in total. The van der Waals surface area contributed by atoms with Crippen molar-refractivity contribution in [1.29, 1.82) is 0 Å². The number of halogens is 1. The number of hydrogen-bond donors (Lipinski definition) is 0. The monoisotopic (exact) mass is 312 g/mol. The number of rotatable bonds is 4. The van der Waals surface area contributed by atoms with Gasteiger partial charge in [0, 0.05) is 14.2 Å². The minimum absolute atomic E-state index is 0.214. The van der Waals surface area contributed by atoms with Gasteiger partial charge in [-0.3, -0.25) is 9.36 Å². The molecule has 1 aliphatic rings. The predicted octanol–water partition coefficient (Wildman–Crippen LogP) is 0.608. The van der Waals surface area contributed by atoms with Gasteiger partial charge < -0.3 is 14.2 Å². The molecule has 8 nitrogen and oxygen atoms in total. The largest absolute Gasteiger partial charge is 0.382 e. The Hall–Kier alpha value is -1.61. The number of nitrogens with zero attached hydrogens (tertiary/aromatic N) is 4. The summed E-state index contributed by atoms with van der Waals surface area (Å²) >= 11 is 5.95. The molecule has 0 radical (unpaired) electrons. The highest BCUT2D eigenvalue weighted by atomic mass is 35.5. The maximum absolute atomic E-state index is 12.4. The lowest BCUT2D eigenvalue weighted by Gasteiger charge is -2.14. The Labute approximate surface area is 125 Å². The molecule has 3 atom stereocenters. The van der Waals surface area contributed by atoms with Gasteiger partial charge in [0.25, 0.3) is 0 Å². The van der Waals surface area contributed by atoms with Crippen molar-refractivity contribution in [2.45, 2.75) is 18.4 Å². The molecular weight excluding hydrogens is 300 g/mol. The van der Waals surface area contributed by atoms with Crippen molar-refractivity contribution in [3.63, 3.8) is 0 Å². The van der Waals surface area contributed by atoms with E-state index in [0.717, 1.165) is 0 Å². The molecule has 0 amide bonds. The Bertz CT molecular complexity index is 676. The minimum Gasteiger partial charge on any atom is -0.382 e. The molecule has 9 heteroatoms. The Morgan fingerprint density at radius 2 is 2.19 bits per heavy atom. The van der Waals surface area contributed by atoms with E-state index in [9.17, 15) is 4.79 Å². The van der Waals surface area contributed by atoms with Crippen LogP contribution in [0.1, 0.15) is 6.23 Å². The van der Waals surface area contributed by atoms with E-state index in [2.05, 4.69) is 15.0 Å². The number of aromatic nitrogens is 4. The van der Waals surface area contributed by atoms with Crippen LogP contribution in [0.2, 0.25) is 5.15 Å². The number of ether oxygens (including phenoxy) is 3. The second-order valence-corrected chi connectivity index (χ2v) is 4.89. The summed E-state index contributed by atoms with van der Waals surface area (Å²) in [7, 11) is 3.00. The summed E-state index contributed by atoms with van der Waals surface area (Å²) in [6.45, 7) is 0.253. The molecule has 0 aliphatic carbocycles. The summed E-state index contributed by atoms with van der Waals surface area (Å²) in [4.78, 5) is 24.5. The normalized spacial score (nSPS) is 25.9. The SMILES string of the molecule is COC[C@H]1O[C@@H](n2cnc3c(Cl)ncnc32)C(=O)C1OC. The summed E-state index contributed by atoms with van der Waals surface area (Å²) in [6.07, 6.45) is 0.723. The summed E-state index contributed by atoms with van der Waals surface area (Å²) in [5.41, 5.74) is 0.848. The number of fused-ring (bicyclic) bond motifs is 1. The van der Waals surface area contributed by atoms with Crippen molar-refractivity contribution in [2.75, 3.05) is 20.8 Å². The van der Waals surface area contributed by atoms with Gasteiger partial charge in [0.15, 0.2) is 17.0 Å². The van der Waals surface area contributed by atoms with Gasteiger partial charge in [-0.2, -0.15) is 0 Å². The van der Waals surface area contributed by atoms with Crippen molar-refractivity contribution >= 4 is 28.5 Å². The van der Waals surface area contributed by atoms with Crippen LogP contribution >= 0.6 is 11.6 Å². The van der Waals surface area contributed by atoms with Crippen LogP contribution in [0.3, 0.4) is 0 Å². The van der Waals surface area contributed by atoms with Gasteiger partial charge in [0.2, 0.25) is 5.78 Å². The molecule has 2 aromatic rings. The van der Waals surface area contributed by atoms with E-state index >= 15 is 0 Å². The molecule has 2 aromatic heterocycles. The lowest BCUT2D eigenvalue weighted by atomic mass is 10.1. The summed E-state index contributed by atoms with van der Waals surface area (Å²) in [5.74, 6) is -0.214. The molecule has 21 heavy (non-hydrogen) atoms. The van der Waals surface area contributed by atoms with Crippen LogP contribution in [0.15, 0.2) is 12.7 Å². The number of Topliss-reactive ketones (excluding diaryl/α,β-unsaturated/α-hetero) is 1. The Balaban J connectivity index is 1.99. The highest BCUT2D eigenvalue weighted by Gasteiger charge is 2.45. The van der Waals surface area contributed by atoms with Gasteiger partial charge in [-0.1, -0.05) is 11.6 Å². The number of ketones is 1. The van der Waals surface area contributed by atoms with Crippen molar-refractivity contribution < 1.29 is 19.0 Å². The van der Waals surface area contributed by atoms with E-state index in [4.69, 9.17) is 25.8 Å². The van der Waals surface area contributed by atoms with Crippen molar-refractivity contribution in [2.24, 2.45) is 0 Å². The Kier molecular flexibility index (Phi) is 3.85. The third kappa shape index (κ3) is 2.30. The minimum atomic E-state index is -0.869. The van der Waals surface area contributed by atoms with Gasteiger partial charge in [-0.15, -0.1) is 0 Å². The number of hydrogen-bond acceptors (Lipinski definition) is 7. The zero-order chi connectivity index (χ0) is 15.0. The second kappa shape index (κ2) is 5.64. The van der Waals surface area contributed by atoms with E-state index in [-0.39, 0.29) is 17.5 Å². The fourth-order valence-electron chi connectivity index (χ4n) is 2.38. The van der Waals surface area contributed by atoms with Crippen LogP contribution in [-0.4, -0.2) is 58.3 Å². The number of methoxy groups -OCH3 is 2. The first-order valence-corrected chi connectivity index (χ1v) is 6.59. The standard InChI is InChI=1S/C12H13ClN4O4/c1-19-3-6-9(20-2)8(18)12(21-6)17-5-16-7-10(13)14-4-15-11(7)17/h4-6,9,12H,3H2,1-2H3/t6-,9?,12-/m1/s1. The smallest absolute Gasteiger partial charge is 0.213 e. The zero-order valence-electron chi connectivity index (χ0n) is 11.4. The third-order valence-electron chi connectivity index (χ3n) is 3.32. The van der Waals surface area contributed by atoms with E-state index in [0.29, 0.717) is 11.2 Å². The molecule has 1 saturated heterocycles. The van der Waals surface area contributed by atoms with Crippen LogP contribution < -0.4 is 0 Å². The first-order valence-electron chi connectivity index (χ1n) is 6.21. The maximum Gasteiger partial charge on any atom is 0.213 e. The molecular formula is C12H13ClN4O4. The molecule has 1 unspecified atom stereocenters. The Morgan fingerprint density at radius 1 is 1.38 bits per heavy atom. The zero-order valence-corrected chi connectivity index (χ0v) is 12.1. The maximum atomic E-state index is 12.4. The van der Waals surface area contributed by atoms with Gasteiger partial charge in [0.1, 0.15) is 24.1 Å². The van der Waals surface area contributed by atoms with Crippen LogP contribution in [0.25, 0.3) is 11.2 Å². The highest BCUT2D eigenvalue weighted by molar-refractivity contribution is 6.33. The molecule has 0 saturated carbocycles. The van der Waals surface area contributed by atoms with Gasteiger partial charge in [-0.25, -0.2) is 15.0 Å². The predicted molar refractivity (Wildman–Crippen MR) is 71.9 cm³/mol. The van der Waals surface area contributed by atoms with Crippen molar-refractivity contribution in [3.8, 4) is 0 Å². The molecule has 0 spiro atoms.